The topological polar surface area (TPSA) is 109 Å². The summed E-state index contributed by atoms with van der Waals surface area (Å²) in [5.74, 6) is -2.39. The Hall–Kier alpha value is -2.90. The first-order valence-electron chi connectivity index (χ1n) is 14.6. The van der Waals surface area contributed by atoms with Gasteiger partial charge in [-0.25, -0.2) is 0 Å². The summed E-state index contributed by atoms with van der Waals surface area (Å²) >= 11 is 0. The van der Waals surface area contributed by atoms with Crippen LogP contribution in [0.1, 0.15) is 91.7 Å². The van der Waals surface area contributed by atoms with E-state index in [4.69, 9.17) is 18.6 Å². The van der Waals surface area contributed by atoms with E-state index in [0.29, 0.717) is 12.8 Å². The quantitative estimate of drug-likeness (QED) is 0.248. The molecule has 2 bridgehead atoms. The molecule has 1 aliphatic heterocycles. The SMILES string of the molecule is CC[C@H](C)C(=O)O[C@@H]1[C@H]2CC3=C4CC(=O)O[C@H](c5ccoc5)[C@]4(C)CC[C@@H]3[C@@](C)(C2=O)[C@H](CC(=O)OC)C1(C)C. The highest BCUT2D eigenvalue weighted by atomic mass is 16.6. The maximum Gasteiger partial charge on any atom is 0.310 e. The van der Waals surface area contributed by atoms with E-state index in [-0.39, 0.29) is 48.4 Å². The van der Waals surface area contributed by atoms with Gasteiger partial charge in [-0.1, -0.05) is 47.1 Å². The fourth-order valence-corrected chi connectivity index (χ4v) is 8.60. The van der Waals surface area contributed by atoms with Crippen LogP contribution in [0.15, 0.2) is 34.2 Å². The van der Waals surface area contributed by atoms with Crippen molar-refractivity contribution < 1.29 is 37.8 Å². The number of cyclic esters (lactones) is 1. The van der Waals surface area contributed by atoms with Crippen LogP contribution in [0.4, 0.5) is 0 Å². The van der Waals surface area contributed by atoms with Gasteiger partial charge in [0, 0.05) is 28.2 Å². The van der Waals surface area contributed by atoms with Crippen molar-refractivity contribution in [2.75, 3.05) is 7.11 Å². The molecule has 1 saturated heterocycles. The predicted octanol–water partition coefficient (Wildman–Crippen LogP) is 5.75. The molecule has 40 heavy (non-hydrogen) atoms. The van der Waals surface area contributed by atoms with Crippen LogP contribution in [0.3, 0.4) is 0 Å². The number of hydrogen-bond acceptors (Lipinski definition) is 8. The van der Waals surface area contributed by atoms with E-state index in [1.165, 1.54) is 7.11 Å². The molecule has 5 rings (SSSR count). The lowest BCUT2D eigenvalue weighted by molar-refractivity contribution is -0.200. The summed E-state index contributed by atoms with van der Waals surface area (Å²) in [5.41, 5.74) is 0.947. The summed E-state index contributed by atoms with van der Waals surface area (Å²) < 4.78 is 22.6. The number of ether oxygens (including phenoxy) is 3. The number of methoxy groups -OCH3 is 1. The highest BCUT2D eigenvalue weighted by molar-refractivity contribution is 5.92. The Kier molecular flexibility index (Phi) is 7.07. The van der Waals surface area contributed by atoms with Gasteiger partial charge < -0.3 is 18.6 Å². The fourth-order valence-electron chi connectivity index (χ4n) is 8.60. The first-order valence-corrected chi connectivity index (χ1v) is 14.6. The molecule has 0 spiro atoms. The second kappa shape index (κ2) is 9.88. The van der Waals surface area contributed by atoms with Crippen molar-refractivity contribution in [3.8, 4) is 0 Å². The largest absolute Gasteiger partial charge is 0.472 e. The molecule has 8 nitrogen and oxygen atoms in total. The number of hydrogen-bond donors (Lipinski definition) is 0. The van der Waals surface area contributed by atoms with Crippen LogP contribution in [0, 0.1) is 39.9 Å². The molecule has 2 heterocycles. The Morgan fingerprint density at radius 2 is 1.90 bits per heavy atom. The van der Waals surface area contributed by atoms with Gasteiger partial charge in [0.05, 0.1) is 37.9 Å². The molecule has 1 aromatic heterocycles. The van der Waals surface area contributed by atoms with Crippen LogP contribution in [0.5, 0.6) is 0 Å². The van der Waals surface area contributed by atoms with Gasteiger partial charge in [-0.3, -0.25) is 19.2 Å². The maximum absolute atomic E-state index is 14.5. The highest BCUT2D eigenvalue weighted by Gasteiger charge is 2.68. The summed E-state index contributed by atoms with van der Waals surface area (Å²) in [6.45, 7) is 11.9. The van der Waals surface area contributed by atoms with Crippen LogP contribution in [-0.4, -0.2) is 36.9 Å². The lowest BCUT2D eigenvalue weighted by atomic mass is 9.40. The second-order valence-electron chi connectivity index (χ2n) is 13.4. The van der Waals surface area contributed by atoms with Crippen molar-refractivity contribution in [2.24, 2.45) is 39.9 Å². The lowest BCUT2D eigenvalue weighted by Gasteiger charge is -2.63. The van der Waals surface area contributed by atoms with E-state index in [1.807, 2.05) is 40.7 Å². The first-order chi connectivity index (χ1) is 18.8. The van der Waals surface area contributed by atoms with E-state index in [9.17, 15) is 19.2 Å². The molecule has 8 atom stereocenters. The number of carbonyl (C=O) groups is 4. The van der Waals surface area contributed by atoms with Gasteiger partial charge in [0.15, 0.2) is 0 Å². The molecule has 3 aliphatic carbocycles. The molecule has 0 N–H and O–H groups in total. The zero-order valence-corrected chi connectivity index (χ0v) is 24.7. The van der Waals surface area contributed by atoms with Crippen LogP contribution in [-0.2, 0) is 33.4 Å². The van der Waals surface area contributed by atoms with Crippen molar-refractivity contribution in [1.82, 2.24) is 0 Å². The first kappa shape index (κ1) is 28.6. The van der Waals surface area contributed by atoms with Gasteiger partial charge in [0.1, 0.15) is 18.0 Å². The fraction of sp³-hybridized carbons (Fsp3) is 0.688. The van der Waals surface area contributed by atoms with Crippen LogP contribution in [0.2, 0.25) is 0 Å². The minimum absolute atomic E-state index is 0.0467. The Balaban J connectivity index is 1.67. The molecule has 0 unspecified atom stereocenters. The molecule has 8 heteroatoms. The molecule has 0 radical (unpaired) electrons. The molecule has 2 saturated carbocycles. The number of esters is 3. The molecule has 0 amide bonds. The molecule has 4 aliphatic rings. The number of furan rings is 1. The van der Waals surface area contributed by atoms with Gasteiger partial charge in [-0.05, 0) is 49.2 Å². The van der Waals surface area contributed by atoms with Crippen molar-refractivity contribution >= 4 is 23.7 Å². The lowest BCUT2D eigenvalue weighted by Crippen LogP contribution is -2.66. The average molecular weight is 555 g/mol. The Labute approximate surface area is 236 Å². The third kappa shape index (κ3) is 4.07. The number of allylic oxidation sites excluding steroid dienone is 1. The van der Waals surface area contributed by atoms with Crippen LogP contribution >= 0.6 is 0 Å². The molecular formula is C32H42O8. The molecule has 3 fully saturated rings. The van der Waals surface area contributed by atoms with Crippen molar-refractivity contribution in [1.29, 1.82) is 0 Å². The van der Waals surface area contributed by atoms with Gasteiger partial charge in [-0.15, -0.1) is 0 Å². The smallest absolute Gasteiger partial charge is 0.310 e. The Morgan fingerprint density at radius 1 is 1.18 bits per heavy atom. The van der Waals surface area contributed by atoms with Crippen molar-refractivity contribution in [3.63, 3.8) is 0 Å². The van der Waals surface area contributed by atoms with Crippen LogP contribution in [0.25, 0.3) is 0 Å². The summed E-state index contributed by atoms with van der Waals surface area (Å²) in [4.78, 5) is 53.4. The van der Waals surface area contributed by atoms with E-state index < -0.39 is 40.3 Å². The second-order valence-corrected chi connectivity index (χ2v) is 13.4. The Morgan fingerprint density at radius 3 is 2.52 bits per heavy atom. The maximum atomic E-state index is 14.5. The highest BCUT2D eigenvalue weighted by Crippen LogP contribution is 2.68. The van der Waals surface area contributed by atoms with Crippen LogP contribution < -0.4 is 0 Å². The summed E-state index contributed by atoms with van der Waals surface area (Å²) in [5, 5.41) is 0. The van der Waals surface area contributed by atoms with E-state index >= 15 is 0 Å². The standard InChI is InChI=1S/C32H42O8/c1-8-17(2)29(36)40-28-20-13-19-21(32(6,26(20)35)23(30(28,3)4)15-24(33)37-7)9-11-31(5)22(19)14-25(34)39-27(31)18-10-12-38-16-18/h10,12,16-17,20-21,23,27-28H,8-9,11,13-15H2,1-7H3/t17-,20-,21-,23+,27+,28+,31+,32+/m0/s1. The summed E-state index contributed by atoms with van der Waals surface area (Å²) in [6.07, 6.45) is 4.74. The third-order valence-electron chi connectivity index (χ3n) is 11.1. The summed E-state index contributed by atoms with van der Waals surface area (Å²) in [6, 6.07) is 1.84. The van der Waals surface area contributed by atoms with E-state index in [1.54, 1.807) is 12.5 Å². The van der Waals surface area contributed by atoms with Crippen molar-refractivity contribution in [2.45, 2.75) is 92.3 Å². The van der Waals surface area contributed by atoms with Gasteiger partial charge in [0.2, 0.25) is 0 Å². The normalized spacial score (nSPS) is 37.1. The van der Waals surface area contributed by atoms with Gasteiger partial charge in [0.25, 0.3) is 0 Å². The monoisotopic (exact) mass is 554 g/mol. The van der Waals surface area contributed by atoms with Gasteiger partial charge in [-0.2, -0.15) is 0 Å². The number of ketones is 1. The van der Waals surface area contributed by atoms with Crippen molar-refractivity contribution in [3.05, 3.63) is 35.3 Å². The molecular weight excluding hydrogens is 512 g/mol. The van der Waals surface area contributed by atoms with E-state index in [2.05, 4.69) is 6.92 Å². The van der Waals surface area contributed by atoms with E-state index in [0.717, 1.165) is 29.6 Å². The number of Topliss-reactive ketones (excluding diaryl/α,β-unsaturated/α-hetero) is 1. The number of carbonyl (C=O) groups excluding carboxylic acids is 4. The number of rotatable bonds is 6. The minimum Gasteiger partial charge on any atom is -0.472 e. The zero-order chi connectivity index (χ0) is 29.2. The zero-order valence-electron chi connectivity index (χ0n) is 24.7. The minimum atomic E-state index is -0.879. The molecule has 1 aromatic rings. The molecule has 218 valence electrons. The summed E-state index contributed by atoms with van der Waals surface area (Å²) in [7, 11) is 1.36. The molecule has 0 aromatic carbocycles. The average Bonchev–Trinajstić information content (AvgIpc) is 3.45. The predicted molar refractivity (Wildman–Crippen MR) is 144 cm³/mol. The number of fused-ring (bicyclic) bond motifs is 5. The third-order valence-corrected chi connectivity index (χ3v) is 11.1. The Bertz CT molecular complexity index is 1240. The van der Waals surface area contributed by atoms with Gasteiger partial charge >= 0.3 is 17.9 Å².